The molecule has 1 aliphatic rings. The Morgan fingerprint density at radius 1 is 1.36 bits per heavy atom. The van der Waals surface area contributed by atoms with E-state index in [1.807, 2.05) is 13.8 Å². The van der Waals surface area contributed by atoms with E-state index < -0.39 is 5.41 Å². The number of amides is 2. The molecule has 0 radical (unpaired) electrons. The van der Waals surface area contributed by atoms with E-state index in [0.717, 1.165) is 0 Å². The summed E-state index contributed by atoms with van der Waals surface area (Å²) in [5.41, 5.74) is 4.33. The predicted octanol–water partition coefficient (Wildman–Crippen LogP) is -0.194. The number of carbonyl (C=O) groups excluding carboxylic acids is 2. The lowest BCUT2D eigenvalue weighted by molar-refractivity contribution is -0.142. The molecule has 1 heterocycles. The molecular formula is C9H15N3O2. The Balaban J connectivity index is 3.07. The Kier molecular flexibility index (Phi) is 3.00. The van der Waals surface area contributed by atoms with Crippen LogP contribution < -0.4 is 11.1 Å². The van der Waals surface area contributed by atoms with Crippen molar-refractivity contribution < 1.29 is 9.59 Å². The first-order valence-corrected chi connectivity index (χ1v) is 4.74. The van der Waals surface area contributed by atoms with Crippen molar-refractivity contribution in [1.82, 2.24) is 5.32 Å². The molecule has 0 aliphatic carbocycles. The van der Waals surface area contributed by atoms with E-state index in [4.69, 9.17) is 5.73 Å². The van der Waals surface area contributed by atoms with Gasteiger partial charge in [0.05, 0.1) is 6.54 Å². The standard InChI is InChI=1S/C9H15N3O2/c1-3-9(4-2)7(13)11-6(5-10)12-8(9)14/h3-5,10H2,1-2H3,(H,11,12,13,14). The van der Waals surface area contributed by atoms with Crippen molar-refractivity contribution in [1.29, 1.82) is 0 Å². The molecule has 78 valence electrons. The molecule has 2 amide bonds. The van der Waals surface area contributed by atoms with Gasteiger partial charge in [0.25, 0.3) is 5.91 Å². The Hall–Kier alpha value is -1.23. The zero-order valence-electron chi connectivity index (χ0n) is 8.46. The number of hydrogen-bond donors (Lipinski definition) is 2. The minimum atomic E-state index is -0.974. The minimum Gasteiger partial charge on any atom is -0.324 e. The average molecular weight is 197 g/mol. The van der Waals surface area contributed by atoms with Crippen LogP contribution in [0.3, 0.4) is 0 Å². The van der Waals surface area contributed by atoms with Gasteiger partial charge in [-0.15, -0.1) is 0 Å². The lowest BCUT2D eigenvalue weighted by Gasteiger charge is -2.30. The second kappa shape index (κ2) is 3.88. The number of hydrogen-bond acceptors (Lipinski definition) is 3. The van der Waals surface area contributed by atoms with Gasteiger partial charge in [-0.2, -0.15) is 4.99 Å². The van der Waals surface area contributed by atoms with Crippen molar-refractivity contribution in [3.8, 4) is 0 Å². The molecule has 0 saturated heterocycles. The van der Waals surface area contributed by atoms with Crippen LogP contribution in [0.5, 0.6) is 0 Å². The molecule has 5 heteroatoms. The highest BCUT2D eigenvalue weighted by molar-refractivity contribution is 6.19. The van der Waals surface area contributed by atoms with Crippen LogP contribution >= 0.6 is 0 Å². The van der Waals surface area contributed by atoms with Crippen molar-refractivity contribution >= 4 is 17.6 Å². The number of nitrogens with two attached hydrogens (primary N) is 1. The van der Waals surface area contributed by atoms with Gasteiger partial charge in [0.15, 0.2) is 0 Å². The molecule has 5 nitrogen and oxygen atoms in total. The molecule has 0 atom stereocenters. The van der Waals surface area contributed by atoms with Gasteiger partial charge in [0.2, 0.25) is 5.91 Å². The quantitative estimate of drug-likeness (QED) is 0.615. The first-order chi connectivity index (χ1) is 6.60. The Labute approximate surface area is 82.8 Å². The van der Waals surface area contributed by atoms with Gasteiger partial charge in [-0.3, -0.25) is 9.59 Å². The normalized spacial score (nSPS) is 20.4. The smallest absolute Gasteiger partial charge is 0.263 e. The van der Waals surface area contributed by atoms with Crippen LogP contribution in [0.1, 0.15) is 26.7 Å². The fourth-order valence-electron chi connectivity index (χ4n) is 1.58. The number of rotatable bonds is 3. The number of aliphatic imine (C=N–C) groups is 1. The highest BCUT2D eigenvalue weighted by Gasteiger charge is 2.45. The van der Waals surface area contributed by atoms with Gasteiger partial charge >= 0.3 is 0 Å². The van der Waals surface area contributed by atoms with Gasteiger partial charge in [0.1, 0.15) is 11.3 Å². The molecule has 0 aromatic heterocycles. The van der Waals surface area contributed by atoms with Gasteiger partial charge in [-0.25, -0.2) is 0 Å². The summed E-state index contributed by atoms with van der Waals surface area (Å²) in [6, 6.07) is 0. The van der Waals surface area contributed by atoms with E-state index in [9.17, 15) is 9.59 Å². The first-order valence-electron chi connectivity index (χ1n) is 4.74. The zero-order chi connectivity index (χ0) is 10.8. The summed E-state index contributed by atoms with van der Waals surface area (Å²) in [5, 5.41) is 2.55. The van der Waals surface area contributed by atoms with E-state index in [0.29, 0.717) is 12.8 Å². The van der Waals surface area contributed by atoms with Gasteiger partial charge in [-0.1, -0.05) is 13.8 Å². The van der Waals surface area contributed by atoms with Crippen molar-refractivity contribution in [2.75, 3.05) is 6.54 Å². The second-order valence-corrected chi connectivity index (χ2v) is 3.31. The largest absolute Gasteiger partial charge is 0.324 e. The highest BCUT2D eigenvalue weighted by Crippen LogP contribution is 2.30. The third-order valence-electron chi connectivity index (χ3n) is 2.74. The van der Waals surface area contributed by atoms with Crippen LogP contribution in [-0.2, 0) is 9.59 Å². The number of amidine groups is 1. The molecule has 0 saturated carbocycles. The van der Waals surface area contributed by atoms with E-state index in [-0.39, 0.29) is 24.2 Å². The van der Waals surface area contributed by atoms with Crippen molar-refractivity contribution in [2.45, 2.75) is 26.7 Å². The van der Waals surface area contributed by atoms with Crippen LogP contribution in [0.25, 0.3) is 0 Å². The molecule has 0 aromatic rings. The third-order valence-corrected chi connectivity index (χ3v) is 2.74. The van der Waals surface area contributed by atoms with Crippen molar-refractivity contribution in [3.05, 3.63) is 0 Å². The van der Waals surface area contributed by atoms with Gasteiger partial charge in [0, 0.05) is 0 Å². The van der Waals surface area contributed by atoms with Crippen LogP contribution in [-0.4, -0.2) is 24.2 Å². The molecule has 0 bridgehead atoms. The third kappa shape index (κ3) is 1.43. The second-order valence-electron chi connectivity index (χ2n) is 3.31. The average Bonchev–Trinajstić information content (AvgIpc) is 2.18. The molecule has 0 fully saturated rings. The summed E-state index contributed by atoms with van der Waals surface area (Å²) in [7, 11) is 0. The number of nitrogens with one attached hydrogen (secondary N) is 1. The van der Waals surface area contributed by atoms with Crippen LogP contribution in [0, 0.1) is 5.41 Å². The minimum absolute atomic E-state index is 0.0843. The monoisotopic (exact) mass is 197 g/mol. The maximum absolute atomic E-state index is 11.7. The SMILES string of the molecule is CCC1(CC)C(=O)N=C(CN)NC1=O. The molecule has 14 heavy (non-hydrogen) atoms. The maximum atomic E-state index is 11.7. The Morgan fingerprint density at radius 3 is 2.29 bits per heavy atom. The molecule has 3 N–H and O–H groups in total. The fourth-order valence-corrected chi connectivity index (χ4v) is 1.58. The molecule has 1 aliphatic heterocycles. The summed E-state index contributed by atoms with van der Waals surface area (Å²) in [4.78, 5) is 27.1. The molecule has 0 spiro atoms. The Morgan fingerprint density at radius 2 is 1.93 bits per heavy atom. The summed E-state index contributed by atoms with van der Waals surface area (Å²) in [6.07, 6.45) is 0.936. The lowest BCUT2D eigenvalue weighted by atomic mass is 9.79. The predicted molar refractivity (Wildman–Crippen MR) is 52.7 cm³/mol. The maximum Gasteiger partial charge on any atom is 0.263 e. The topological polar surface area (TPSA) is 84.6 Å². The highest BCUT2D eigenvalue weighted by atomic mass is 16.2. The fraction of sp³-hybridized carbons (Fsp3) is 0.667. The van der Waals surface area contributed by atoms with Crippen LogP contribution in [0.15, 0.2) is 4.99 Å². The number of carbonyl (C=O) groups is 2. The van der Waals surface area contributed by atoms with Crippen LogP contribution in [0.4, 0.5) is 0 Å². The molecule has 1 rings (SSSR count). The van der Waals surface area contributed by atoms with E-state index in [1.165, 1.54) is 0 Å². The van der Waals surface area contributed by atoms with E-state index in [1.54, 1.807) is 0 Å². The molecule has 0 unspecified atom stereocenters. The zero-order valence-corrected chi connectivity index (χ0v) is 8.46. The van der Waals surface area contributed by atoms with E-state index in [2.05, 4.69) is 10.3 Å². The summed E-state index contributed by atoms with van der Waals surface area (Å²) in [6.45, 7) is 3.70. The number of nitrogens with zero attached hydrogens (tertiary/aromatic N) is 1. The van der Waals surface area contributed by atoms with Crippen molar-refractivity contribution in [2.24, 2.45) is 16.1 Å². The van der Waals surface area contributed by atoms with Gasteiger partial charge in [-0.05, 0) is 12.8 Å². The van der Waals surface area contributed by atoms with Crippen molar-refractivity contribution in [3.63, 3.8) is 0 Å². The summed E-state index contributed by atoms with van der Waals surface area (Å²) in [5.74, 6) is -0.382. The van der Waals surface area contributed by atoms with E-state index >= 15 is 0 Å². The Bertz CT molecular complexity index is 292. The molecule has 0 aromatic carbocycles. The lowest BCUT2D eigenvalue weighted by Crippen LogP contribution is -2.53. The molecular weight excluding hydrogens is 182 g/mol. The van der Waals surface area contributed by atoms with Crippen LogP contribution in [0.2, 0.25) is 0 Å². The van der Waals surface area contributed by atoms with Gasteiger partial charge < -0.3 is 11.1 Å². The summed E-state index contributed by atoms with van der Waals surface area (Å²) < 4.78 is 0. The summed E-state index contributed by atoms with van der Waals surface area (Å²) >= 11 is 0. The first kappa shape index (κ1) is 10.8.